The van der Waals surface area contributed by atoms with Crippen LogP contribution in [-0.4, -0.2) is 33.4 Å². The number of imidazole rings is 1. The lowest BCUT2D eigenvalue weighted by Gasteiger charge is -2.32. The minimum Gasteiger partial charge on any atom is -0.339 e. The van der Waals surface area contributed by atoms with E-state index in [0.717, 1.165) is 16.9 Å². The van der Waals surface area contributed by atoms with Crippen molar-refractivity contribution in [3.05, 3.63) is 65.0 Å². The number of rotatable bonds is 3. The van der Waals surface area contributed by atoms with Crippen molar-refractivity contribution in [1.29, 1.82) is 0 Å². The van der Waals surface area contributed by atoms with E-state index in [4.69, 9.17) is 0 Å². The number of hydrogen-bond acceptors (Lipinski definition) is 2. The number of benzene rings is 2. The summed E-state index contributed by atoms with van der Waals surface area (Å²) >= 11 is 0. The molecule has 0 spiro atoms. The third-order valence-electron chi connectivity index (χ3n) is 6.02. The van der Waals surface area contributed by atoms with Gasteiger partial charge in [-0.2, -0.15) is 26.3 Å². The molecular weight excluding hydrogens is 448 g/mol. The van der Waals surface area contributed by atoms with Crippen LogP contribution in [0.2, 0.25) is 0 Å². The minimum absolute atomic E-state index is 0.0286. The number of aryl methyl sites for hydroxylation is 1. The molecule has 1 aliphatic heterocycles. The molecule has 3 aromatic rings. The molecule has 0 bridgehead atoms. The van der Waals surface area contributed by atoms with Gasteiger partial charge in [0.2, 0.25) is 0 Å². The number of halogens is 6. The lowest BCUT2D eigenvalue weighted by molar-refractivity contribution is -0.143. The summed E-state index contributed by atoms with van der Waals surface area (Å²) in [5, 5.41) is 0. The van der Waals surface area contributed by atoms with Crippen LogP contribution in [0.3, 0.4) is 0 Å². The molecule has 2 heterocycles. The van der Waals surface area contributed by atoms with Crippen LogP contribution < -0.4 is 0 Å². The molecule has 0 radical (unpaired) electrons. The van der Waals surface area contributed by atoms with Crippen molar-refractivity contribution in [3.63, 3.8) is 0 Å². The van der Waals surface area contributed by atoms with Crippen LogP contribution in [-0.2, 0) is 18.9 Å². The van der Waals surface area contributed by atoms with Crippen molar-refractivity contribution in [1.82, 2.24) is 14.5 Å². The molecule has 0 aliphatic carbocycles. The monoisotopic (exact) mass is 469 g/mol. The normalized spacial score (nSPS) is 15.9. The summed E-state index contributed by atoms with van der Waals surface area (Å²) in [7, 11) is 0. The Morgan fingerprint density at radius 1 is 0.970 bits per heavy atom. The topological polar surface area (TPSA) is 38.1 Å². The molecule has 0 saturated carbocycles. The van der Waals surface area contributed by atoms with E-state index in [0.29, 0.717) is 31.5 Å². The van der Waals surface area contributed by atoms with Crippen LogP contribution in [0.15, 0.2) is 42.5 Å². The van der Waals surface area contributed by atoms with Crippen molar-refractivity contribution in [2.24, 2.45) is 5.92 Å². The van der Waals surface area contributed by atoms with E-state index in [1.807, 2.05) is 31.2 Å². The summed E-state index contributed by atoms with van der Waals surface area (Å²) < 4.78 is 80.8. The molecule has 0 atom stereocenters. The summed E-state index contributed by atoms with van der Waals surface area (Å²) in [5.74, 6) is 0.241. The molecule has 1 saturated heterocycles. The zero-order valence-corrected chi connectivity index (χ0v) is 17.7. The number of amides is 1. The molecule has 4 nitrogen and oxygen atoms in total. The zero-order valence-electron chi connectivity index (χ0n) is 17.7. The van der Waals surface area contributed by atoms with Crippen LogP contribution in [0.25, 0.3) is 11.0 Å². The number of para-hydroxylation sites is 2. The molecule has 10 heteroatoms. The molecule has 1 aromatic heterocycles. The van der Waals surface area contributed by atoms with E-state index >= 15 is 0 Å². The highest BCUT2D eigenvalue weighted by Gasteiger charge is 2.38. The second kappa shape index (κ2) is 8.39. The summed E-state index contributed by atoms with van der Waals surface area (Å²) in [6.45, 7) is 3.10. The SMILES string of the molecule is Cc1nc2ccccc2n1CC1CCN(C(=O)c2cc(C(F)(F)F)cc(C(F)(F)F)c2)CC1. The summed E-state index contributed by atoms with van der Waals surface area (Å²) in [4.78, 5) is 18.6. The van der Waals surface area contributed by atoms with Crippen LogP contribution in [0.5, 0.6) is 0 Å². The lowest BCUT2D eigenvalue weighted by Crippen LogP contribution is -2.39. The smallest absolute Gasteiger partial charge is 0.339 e. The van der Waals surface area contributed by atoms with Gasteiger partial charge in [-0.3, -0.25) is 4.79 Å². The summed E-state index contributed by atoms with van der Waals surface area (Å²) in [5.41, 5.74) is -1.70. The number of fused-ring (bicyclic) bond motifs is 1. The van der Waals surface area contributed by atoms with Gasteiger partial charge in [-0.15, -0.1) is 0 Å². The second-order valence-corrected chi connectivity index (χ2v) is 8.29. The zero-order chi connectivity index (χ0) is 24.0. The van der Waals surface area contributed by atoms with Crippen molar-refractivity contribution in [3.8, 4) is 0 Å². The van der Waals surface area contributed by atoms with E-state index in [9.17, 15) is 31.1 Å². The average molecular weight is 469 g/mol. The Bertz CT molecular complexity index is 1140. The maximum Gasteiger partial charge on any atom is 0.416 e. The van der Waals surface area contributed by atoms with Gasteiger partial charge in [0.15, 0.2) is 0 Å². The Balaban J connectivity index is 1.49. The first-order valence-electron chi connectivity index (χ1n) is 10.4. The highest BCUT2D eigenvalue weighted by atomic mass is 19.4. The van der Waals surface area contributed by atoms with Crippen molar-refractivity contribution >= 4 is 16.9 Å². The van der Waals surface area contributed by atoms with E-state index < -0.39 is 35.0 Å². The van der Waals surface area contributed by atoms with Crippen LogP contribution in [0.4, 0.5) is 26.3 Å². The van der Waals surface area contributed by atoms with Gasteiger partial charge >= 0.3 is 12.4 Å². The molecule has 4 rings (SSSR count). The Kier molecular flexibility index (Phi) is 5.88. The Hall–Kier alpha value is -3.04. The maximum atomic E-state index is 13.1. The van der Waals surface area contributed by atoms with Crippen LogP contribution in [0.1, 0.15) is 40.2 Å². The first kappa shape index (κ1) is 23.1. The molecular formula is C23H21F6N3O. The fourth-order valence-corrected chi connectivity index (χ4v) is 4.26. The first-order chi connectivity index (χ1) is 15.4. The van der Waals surface area contributed by atoms with Crippen molar-refractivity contribution in [2.45, 2.75) is 38.7 Å². The standard InChI is InChI=1S/C23H21F6N3O/c1-14-30-19-4-2-3-5-20(19)32(14)13-15-6-8-31(9-7-15)21(33)16-10-17(22(24,25)26)12-18(11-16)23(27,28)29/h2-5,10-12,15H,6-9,13H2,1H3. The number of aromatic nitrogens is 2. The predicted molar refractivity (Wildman–Crippen MR) is 110 cm³/mol. The number of carbonyl (C=O) groups is 1. The van der Waals surface area contributed by atoms with Gasteiger partial charge in [-0.05, 0) is 56.0 Å². The maximum absolute atomic E-state index is 13.1. The van der Waals surface area contributed by atoms with E-state index in [2.05, 4.69) is 9.55 Å². The Morgan fingerprint density at radius 2 is 1.55 bits per heavy atom. The number of nitrogens with zero attached hydrogens (tertiary/aromatic N) is 3. The second-order valence-electron chi connectivity index (χ2n) is 8.29. The van der Waals surface area contributed by atoms with Gasteiger partial charge in [-0.1, -0.05) is 12.1 Å². The van der Waals surface area contributed by atoms with Gasteiger partial charge in [0.05, 0.1) is 22.2 Å². The van der Waals surface area contributed by atoms with Gasteiger partial charge in [0, 0.05) is 25.2 Å². The molecule has 1 aliphatic rings. The van der Waals surface area contributed by atoms with Gasteiger partial charge < -0.3 is 9.47 Å². The lowest BCUT2D eigenvalue weighted by atomic mass is 9.95. The van der Waals surface area contributed by atoms with E-state index in [1.165, 1.54) is 4.90 Å². The molecule has 0 unspecified atom stereocenters. The summed E-state index contributed by atoms with van der Waals surface area (Å²) in [6.07, 6.45) is -8.81. The van der Waals surface area contributed by atoms with Crippen LogP contribution >= 0.6 is 0 Å². The number of alkyl halides is 6. The molecule has 2 aromatic carbocycles. The molecule has 0 N–H and O–H groups in total. The largest absolute Gasteiger partial charge is 0.416 e. The third-order valence-corrected chi connectivity index (χ3v) is 6.02. The highest BCUT2D eigenvalue weighted by Crippen LogP contribution is 2.37. The molecule has 176 valence electrons. The third kappa shape index (κ3) is 4.84. The van der Waals surface area contributed by atoms with Crippen LogP contribution in [0, 0.1) is 12.8 Å². The fourth-order valence-electron chi connectivity index (χ4n) is 4.26. The van der Waals surface area contributed by atoms with E-state index in [1.54, 1.807) is 0 Å². The minimum atomic E-state index is -4.99. The molecule has 1 amide bonds. The predicted octanol–water partition coefficient (Wildman–Crippen LogP) is 5.93. The number of hydrogen-bond donors (Lipinski definition) is 0. The Labute approximate surface area is 185 Å². The number of likely N-dealkylation sites (tertiary alicyclic amines) is 1. The number of piperidine rings is 1. The summed E-state index contributed by atoms with van der Waals surface area (Å²) in [6, 6.07) is 8.73. The molecule has 1 fully saturated rings. The van der Waals surface area contributed by atoms with Gasteiger partial charge in [0.1, 0.15) is 5.82 Å². The quantitative estimate of drug-likeness (QED) is 0.446. The van der Waals surface area contributed by atoms with Crippen molar-refractivity contribution in [2.75, 3.05) is 13.1 Å². The highest BCUT2D eigenvalue weighted by molar-refractivity contribution is 5.94. The Morgan fingerprint density at radius 3 is 2.12 bits per heavy atom. The van der Waals surface area contributed by atoms with Gasteiger partial charge in [-0.25, -0.2) is 4.98 Å². The molecule has 33 heavy (non-hydrogen) atoms. The first-order valence-corrected chi connectivity index (χ1v) is 10.4. The van der Waals surface area contributed by atoms with Crippen molar-refractivity contribution < 1.29 is 31.1 Å². The van der Waals surface area contributed by atoms with Gasteiger partial charge in [0.25, 0.3) is 5.91 Å². The average Bonchev–Trinajstić information content (AvgIpc) is 3.07. The van der Waals surface area contributed by atoms with E-state index in [-0.39, 0.29) is 25.1 Å². The number of carbonyl (C=O) groups excluding carboxylic acids is 1. The fraction of sp³-hybridized carbons (Fsp3) is 0.391.